The van der Waals surface area contributed by atoms with E-state index in [0.29, 0.717) is 25.7 Å². The number of aliphatic hydroxyl groups excluding tert-OH is 4. The number of aliphatic hydroxyl groups is 4. The lowest BCUT2D eigenvalue weighted by Crippen LogP contribution is -2.53. The monoisotopic (exact) mass is 636 g/mol. The van der Waals surface area contributed by atoms with Crippen LogP contribution >= 0.6 is 0 Å². The van der Waals surface area contributed by atoms with E-state index in [1.165, 1.54) is 96.3 Å². The van der Waals surface area contributed by atoms with E-state index >= 15 is 0 Å². The highest BCUT2D eigenvalue weighted by Crippen LogP contribution is 2.13. The van der Waals surface area contributed by atoms with Gasteiger partial charge in [0.15, 0.2) is 0 Å². The van der Waals surface area contributed by atoms with Crippen LogP contribution in [0.25, 0.3) is 0 Å². The van der Waals surface area contributed by atoms with Crippen molar-refractivity contribution in [2.45, 2.75) is 199 Å². The van der Waals surface area contributed by atoms with Gasteiger partial charge < -0.3 is 25.7 Å². The molecule has 0 aliphatic heterocycles. The van der Waals surface area contributed by atoms with E-state index in [4.69, 9.17) is 0 Å². The lowest BCUT2D eigenvalue weighted by atomic mass is 10.00. The number of unbranched alkanes of at least 4 members (excludes halogenated alkanes) is 18. The average molecular weight is 636 g/mol. The Morgan fingerprint density at radius 1 is 0.533 bits per heavy atom. The molecule has 1 amide bonds. The van der Waals surface area contributed by atoms with Crippen LogP contribution in [0, 0.1) is 0 Å². The van der Waals surface area contributed by atoms with Gasteiger partial charge in [-0.15, -0.1) is 0 Å². The van der Waals surface area contributed by atoms with Crippen molar-refractivity contribution < 1.29 is 25.2 Å². The number of amides is 1. The van der Waals surface area contributed by atoms with Crippen LogP contribution in [0.3, 0.4) is 0 Å². The Morgan fingerprint density at radius 3 is 1.40 bits per heavy atom. The molecular formula is C39H73NO5. The molecule has 0 rings (SSSR count). The first kappa shape index (κ1) is 43.5. The predicted molar refractivity (Wildman–Crippen MR) is 191 cm³/mol. The van der Waals surface area contributed by atoms with Gasteiger partial charge in [-0.3, -0.25) is 4.79 Å². The number of rotatable bonds is 33. The summed E-state index contributed by atoms with van der Waals surface area (Å²) < 4.78 is 0. The minimum absolute atomic E-state index is 0.329. The second-order valence-corrected chi connectivity index (χ2v) is 12.9. The van der Waals surface area contributed by atoms with Gasteiger partial charge in [0.1, 0.15) is 12.2 Å². The van der Waals surface area contributed by atoms with E-state index < -0.39 is 36.9 Å². The van der Waals surface area contributed by atoms with E-state index in [9.17, 15) is 25.2 Å². The summed E-state index contributed by atoms with van der Waals surface area (Å²) in [6.45, 7) is 3.98. The molecule has 5 N–H and O–H groups in total. The maximum atomic E-state index is 12.4. The van der Waals surface area contributed by atoms with E-state index in [1.807, 2.05) is 0 Å². The molecule has 6 nitrogen and oxygen atoms in total. The molecule has 0 spiro atoms. The molecule has 0 heterocycles. The van der Waals surface area contributed by atoms with Gasteiger partial charge in [0.25, 0.3) is 0 Å². The van der Waals surface area contributed by atoms with E-state index in [-0.39, 0.29) is 0 Å². The Morgan fingerprint density at radius 2 is 0.933 bits per heavy atom. The third kappa shape index (κ3) is 28.5. The molecule has 6 heteroatoms. The fourth-order valence-electron chi connectivity index (χ4n) is 5.47. The Kier molecular flexibility index (Phi) is 32.8. The third-order valence-corrected chi connectivity index (χ3v) is 8.55. The van der Waals surface area contributed by atoms with Crippen molar-refractivity contribution in [1.82, 2.24) is 5.32 Å². The summed E-state index contributed by atoms with van der Waals surface area (Å²) in [5, 5.41) is 43.4. The smallest absolute Gasteiger partial charge is 0.249 e. The SMILES string of the molecule is CCCCCCCC/C=C\CCCCC(O)C(=O)NC(CO)C(O)C(O)CCC/C=C/CC/C=C/CCCCCCCCCC. The molecule has 0 aromatic carbocycles. The van der Waals surface area contributed by atoms with Gasteiger partial charge in [0.2, 0.25) is 5.91 Å². The summed E-state index contributed by atoms with van der Waals surface area (Å²) in [6, 6.07) is -1.01. The average Bonchev–Trinajstić information content (AvgIpc) is 3.04. The van der Waals surface area contributed by atoms with Crippen molar-refractivity contribution >= 4 is 5.91 Å². The number of nitrogens with one attached hydrogen (secondary N) is 1. The molecule has 0 aromatic heterocycles. The Bertz CT molecular complexity index is 722. The van der Waals surface area contributed by atoms with Gasteiger partial charge in [0.05, 0.1) is 18.8 Å². The summed E-state index contributed by atoms with van der Waals surface area (Å²) in [6.07, 6.45) is 37.4. The van der Waals surface area contributed by atoms with Crippen molar-refractivity contribution in [3.8, 4) is 0 Å². The first-order chi connectivity index (χ1) is 22.0. The molecule has 4 atom stereocenters. The maximum absolute atomic E-state index is 12.4. The zero-order chi connectivity index (χ0) is 33.2. The van der Waals surface area contributed by atoms with Crippen molar-refractivity contribution in [2.24, 2.45) is 0 Å². The van der Waals surface area contributed by atoms with Crippen LogP contribution in [-0.4, -0.2) is 57.3 Å². The van der Waals surface area contributed by atoms with E-state index in [1.54, 1.807) is 0 Å². The molecule has 264 valence electrons. The summed E-state index contributed by atoms with van der Waals surface area (Å²) in [7, 11) is 0. The van der Waals surface area contributed by atoms with Crippen LogP contribution in [0.1, 0.15) is 174 Å². The second kappa shape index (κ2) is 33.9. The highest BCUT2D eigenvalue weighted by atomic mass is 16.3. The van der Waals surface area contributed by atoms with Gasteiger partial charge in [0, 0.05) is 0 Å². The number of carbonyl (C=O) groups is 1. The lowest BCUT2D eigenvalue weighted by molar-refractivity contribution is -0.132. The summed E-state index contributed by atoms with van der Waals surface area (Å²) in [5.74, 6) is -0.617. The van der Waals surface area contributed by atoms with Crippen LogP contribution in [0.5, 0.6) is 0 Å². The Labute approximate surface area is 277 Å². The number of hydrogen-bond donors (Lipinski definition) is 5. The number of hydrogen-bond acceptors (Lipinski definition) is 5. The van der Waals surface area contributed by atoms with Crippen molar-refractivity contribution in [2.75, 3.05) is 6.61 Å². The second-order valence-electron chi connectivity index (χ2n) is 12.9. The fraction of sp³-hybridized carbons (Fsp3) is 0.821. The molecule has 0 fully saturated rings. The standard InChI is InChI=1S/C39H73NO5/c1-3-5-7-9-11-13-15-17-18-19-20-21-23-24-26-28-30-32-36(42)38(44)35(34-41)40-39(45)37(43)33-31-29-27-25-22-16-14-12-10-8-6-4-2/h19-20,22,24-26,35-38,41-44H,3-18,21,23,27-34H2,1-2H3,(H,40,45)/b20-19+,25-22-,26-24+. The molecule has 45 heavy (non-hydrogen) atoms. The number of allylic oxidation sites excluding steroid dienone is 6. The summed E-state index contributed by atoms with van der Waals surface area (Å²) >= 11 is 0. The minimum atomic E-state index is -1.29. The maximum Gasteiger partial charge on any atom is 0.249 e. The lowest BCUT2D eigenvalue weighted by Gasteiger charge is -2.27. The molecule has 0 saturated carbocycles. The predicted octanol–water partition coefficient (Wildman–Crippen LogP) is 9.01. The molecule has 0 radical (unpaired) electrons. The normalized spacial score (nSPS) is 14.9. The first-order valence-corrected chi connectivity index (χ1v) is 18.9. The fourth-order valence-corrected chi connectivity index (χ4v) is 5.47. The minimum Gasteiger partial charge on any atom is -0.394 e. The van der Waals surface area contributed by atoms with Gasteiger partial charge in [-0.2, -0.15) is 0 Å². The first-order valence-electron chi connectivity index (χ1n) is 18.9. The zero-order valence-corrected chi connectivity index (χ0v) is 29.4. The van der Waals surface area contributed by atoms with Gasteiger partial charge >= 0.3 is 0 Å². The van der Waals surface area contributed by atoms with Crippen molar-refractivity contribution in [3.05, 3.63) is 36.5 Å². The number of carbonyl (C=O) groups excluding carboxylic acids is 1. The summed E-state index contributed by atoms with van der Waals surface area (Å²) in [4.78, 5) is 12.4. The topological polar surface area (TPSA) is 110 Å². The third-order valence-electron chi connectivity index (χ3n) is 8.55. The zero-order valence-electron chi connectivity index (χ0n) is 29.4. The largest absolute Gasteiger partial charge is 0.394 e. The molecule has 0 bridgehead atoms. The molecule has 0 saturated heterocycles. The van der Waals surface area contributed by atoms with E-state index in [0.717, 1.165) is 38.5 Å². The quantitative estimate of drug-likeness (QED) is 0.0365. The highest BCUT2D eigenvalue weighted by Gasteiger charge is 2.28. The highest BCUT2D eigenvalue weighted by molar-refractivity contribution is 5.80. The van der Waals surface area contributed by atoms with Crippen LogP contribution < -0.4 is 5.32 Å². The Balaban J connectivity index is 3.92. The van der Waals surface area contributed by atoms with Gasteiger partial charge in [-0.25, -0.2) is 0 Å². The van der Waals surface area contributed by atoms with Gasteiger partial charge in [-0.1, -0.05) is 134 Å². The van der Waals surface area contributed by atoms with Gasteiger partial charge in [-0.05, 0) is 77.0 Å². The van der Waals surface area contributed by atoms with Crippen LogP contribution in [-0.2, 0) is 4.79 Å². The molecule has 4 unspecified atom stereocenters. The van der Waals surface area contributed by atoms with Crippen LogP contribution in [0.15, 0.2) is 36.5 Å². The van der Waals surface area contributed by atoms with Crippen molar-refractivity contribution in [3.63, 3.8) is 0 Å². The van der Waals surface area contributed by atoms with Crippen LogP contribution in [0.4, 0.5) is 0 Å². The molecule has 0 aliphatic carbocycles. The molecule has 0 aromatic rings. The van der Waals surface area contributed by atoms with Crippen LogP contribution in [0.2, 0.25) is 0 Å². The molecular weight excluding hydrogens is 562 g/mol. The summed E-state index contributed by atoms with van der Waals surface area (Å²) in [5.41, 5.74) is 0. The Hall–Kier alpha value is -1.47. The molecule has 0 aliphatic rings. The van der Waals surface area contributed by atoms with Crippen molar-refractivity contribution in [1.29, 1.82) is 0 Å². The van der Waals surface area contributed by atoms with E-state index in [2.05, 4.69) is 55.6 Å².